The van der Waals surface area contributed by atoms with E-state index >= 15 is 0 Å². The Morgan fingerprint density at radius 1 is 1.20 bits per heavy atom. The second-order valence-electron chi connectivity index (χ2n) is 7.09. The van der Waals surface area contributed by atoms with Gasteiger partial charge in [-0.2, -0.15) is 0 Å². The molecule has 0 saturated heterocycles. The van der Waals surface area contributed by atoms with E-state index in [-0.39, 0.29) is 5.41 Å². The van der Waals surface area contributed by atoms with Crippen LogP contribution in [0.1, 0.15) is 51.5 Å². The quantitative estimate of drug-likeness (QED) is 0.877. The maximum atomic E-state index is 6.05. The number of hydrogen-bond donors (Lipinski definition) is 1. The Labute approximate surface area is 122 Å². The molecule has 0 aliphatic rings. The maximum Gasteiger partial charge on any atom is 0.134 e. The molecule has 0 atom stereocenters. The van der Waals surface area contributed by atoms with E-state index in [0.717, 1.165) is 24.3 Å². The highest BCUT2D eigenvalue weighted by Crippen LogP contribution is 2.32. The first kappa shape index (κ1) is 15.1. The van der Waals surface area contributed by atoms with Gasteiger partial charge in [-0.25, -0.2) is 0 Å². The van der Waals surface area contributed by atoms with Gasteiger partial charge in [0.15, 0.2) is 0 Å². The van der Waals surface area contributed by atoms with Crippen molar-refractivity contribution in [1.29, 1.82) is 0 Å². The smallest absolute Gasteiger partial charge is 0.134 e. The van der Waals surface area contributed by atoms with Crippen molar-refractivity contribution in [3.63, 3.8) is 0 Å². The summed E-state index contributed by atoms with van der Waals surface area (Å²) >= 11 is 0. The van der Waals surface area contributed by atoms with Gasteiger partial charge in [0.05, 0.1) is 6.54 Å². The molecule has 1 N–H and O–H groups in total. The highest BCUT2D eigenvalue weighted by molar-refractivity contribution is 5.83. The van der Waals surface area contributed by atoms with Gasteiger partial charge >= 0.3 is 0 Å². The normalized spacial score (nSPS) is 12.6. The molecule has 2 heteroatoms. The van der Waals surface area contributed by atoms with E-state index in [9.17, 15) is 0 Å². The third-order valence-corrected chi connectivity index (χ3v) is 3.69. The molecule has 0 fully saturated rings. The molecule has 0 bridgehead atoms. The minimum atomic E-state index is 0.170. The molecule has 2 rings (SSSR count). The summed E-state index contributed by atoms with van der Waals surface area (Å²) in [6, 6.07) is 6.63. The number of benzene rings is 1. The fourth-order valence-corrected chi connectivity index (χ4v) is 2.60. The van der Waals surface area contributed by atoms with Gasteiger partial charge < -0.3 is 9.73 Å². The van der Waals surface area contributed by atoms with Crippen LogP contribution < -0.4 is 5.32 Å². The molecule has 2 aromatic rings. The highest BCUT2D eigenvalue weighted by atomic mass is 16.3. The Balaban J connectivity index is 2.59. The van der Waals surface area contributed by atoms with Crippen molar-refractivity contribution >= 4 is 11.0 Å². The van der Waals surface area contributed by atoms with Crippen molar-refractivity contribution < 1.29 is 4.42 Å². The molecular formula is C18H27NO. The van der Waals surface area contributed by atoms with Crippen molar-refractivity contribution in [2.45, 2.75) is 53.0 Å². The Morgan fingerprint density at radius 3 is 2.45 bits per heavy atom. The first-order chi connectivity index (χ1) is 9.32. The SMILES string of the molecule is CNCc1oc2ccc(C(C)(C)C)cc2c1CC(C)C. The zero-order chi connectivity index (χ0) is 14.9. The molecule has 0 saturated carbocycles. The molecular weight excluding hydrogens is 246 g/mol. The van der Waals surface area contributed by atoms with Crippen LogP contribution in [0.2, 0.25) is 0 Å². The van der Waals surface area contributed by atoms with Gasteiger partial charge in [0.1, 0.15) is 11.3 Å². The van der Waals surface area contributed by atoms with E-state index < -0.39 is 0 Å². The minimum Gasteiger partial charge on any atom is -0.459 e. The van der Waals surface area contributed by atoms with E-state index in [1.807, 2.05) is 7.05 Å². The summed E-state index contributed by atoms with van der Waals surface area (Å²) in [5.74, 6) is 1.71. The third-order valence-electron chi connectivity index (χ3n) is 3.69. The molecule has 110 valence electrons. The second kappa shape index (κ2) is 5.61. The standard InChI is InChI=1S/C18H27NO/c1-12(2)9-14-15-10-13(18(3,4)5)7-8-16(15)20-17(14)11-19-6/h7-8,10,12,19H,9,11H2,1-6H3. The number of hydrogen-bond acceptors (Lipinski definition) is 2. The molecule has 0 spiro atoms. The lowest BCUT2D eigenvalue weighted by Gasteiger charge is -2.19. The number of furan rings is 1. The van der Waals surface area contributed by atoms with Crippen LogP contribution in [0.15, 0.2) is 22.6 Å². The van der Waals surface area contributed by atoms with E-state index in [0.29, 0.717) is 5.92 Å². The molecule has 0 unspecified atom stereocenters. The summed E-state index contributed by atoms with van der Waals surface area (Å²) in [5.41, 5.74) is 3.92. The molecule has 0 amide bonds. The Kier molecular flexibility index (Phi) is 4.24. The molecule has 0 aliphatic carbocycles. The fraction of sp³-hybridized carbons (Fsp3) is 0.556. The van der Waals surface area contributed by atoms with E-state index in [1.54, 1.807) is 0 Å². The average molecular weight is 273 g/mol. The van der Waals surface area contributed by atoms with E-state index in [1.165, 1.54) is 16.5 Å². The van der Waals surface area contributed by atoms with Gasteiger partial charge in [-0.3, -0.25) is 0 Å². The van der Waals surface area contributed by atoms with Crippen LogP contribution in [-0.4, -0.2) is 7.05 Å². The van der Waals surface area contributed by atoms with Crippen LogP contribution in [0, 0.1) is 5.92 Å². The average Bonchev–Trinajstić information content (AvgIpc) is 2.66. The van der Waals surface area contributed by atoms with Gasteiger partial charge in [0, 0.05) is 10.9 Å². The monoisotopic (exact) mass is 273 g/mol. The summed E-state index contributed by atoms with van der Waals surface area (Å²) in [7, 11) is 1.97. The lowest BCUT2D eigenvalue weighted by atomic mass is 9.86. The van der Waals surface area contributed by atoms with Crippen molar-refractivity contribution in [2.75, 3.05) is 7.05 Å². The van der Waals surface area contributed by atoms with Crippen LogP contribution in [-0.2, 0) is 18.4 Å². The summed E-state index contributed by atoms with van der Waals surface area (Å²) in [4.78, 5) is 0. The first-order valence-corrected chi connectivity index (χ1v) is 7.52. The molecule has 2 nitrogen and oxygen atoms in total. The van der Waals surface area contributed by atoms with Gasteiger partial charge in [0.2, 0.25) is 0 Å². The number of rotatable bonds is 4. The largest absolute Gasteiger partial charge is 0.459 e. The summed E-state index contributed by atoms with van der Waals surface area (Å²) < 4.78 is 6.05. The predicted molar refractivity (Wildman–Crippen MR) is 86.2 cm³/mol. The molecule has 1 aromatic heterocycles. The van der Waals surface area contributed by atoms with Crippen LogP contribution in [0.5, 0.6) is 0 Å². The van der Waals surface area contributed by atoms with Crippen molar-refractivity contribution in [3.05, 3.63) is 35.1 Å². The highest BCUT2D eigenvalue weighted by Gasteiger charge is 2.19. The van der Waals surface area contributed by atoms with Crippen molar-refractivity contribution in [3.8, 4) is 0 Å². The maximum absolute atomic E-state index is 6.05. The van der Waals surface area contributed by atoms with Gasteiger partial charge in [-0.1, -0.05) is 40.7 Å². The second-order valence-corrected chi connectivity index (χ2v) is 7.09. The molecule has 1 aromatic carbocycles. The van der Waals surface area contributed by atoms with E-state index in [4.69, 9.17) is 4.42 Å². The van der Waals surface area contributed by atoms with Crippen molar-refractivity contribution in [1.82, 2.24) is 5.32 Å². The number of nitrogens with one attached hydrogen (secondary N) is 1. The Morgan fingerprint density at radius 2 is 1.90 bits per heavy atom. The molecule has 0 aliphatic heterocycles. The lowest BCUT2D eigenvalue weighted by Crippen LogP contribution is -2.10. The fourth-order valence-electron chi connectivity index (χ4n) is 2.60. The van der Waals surface area contributed by atoms with Crippen LogP contribution >= 0.6 is 0 Å². The first-order valence-electron chi connectivity index (χ1n) is 7.52. The molecule has 0 radical (unpaired) electrons. The van der Waals surface area contributed by atoms with Crippen LogP contribution in [0.4, 0.5) is 0 Å². The zero-order valence-electron chi connectivity index (χ0n) is 13.6. The molecule has 1 heterocycles. The third kappa shape index (κ3) is 3.06. The van der Waals surface area contributed by atoms with E-state index in [2.05, 4.69) is 58.1 Å². The summed E-state index contributed by atoms with van der Waals surface area (Å²) in [5, 5.41) is 4.50. The Bertz CT molecular complexity index is 587. The van der Waals surface area contributed by atoms with Gasteiger partial charge in [0.25, 0.3) is 0 Å². The number of fused-ring (bicyclic) bond motifs is 1. The topological polar surface area (TPSA) is 25.2 Å². The zero-order valence-corrected chi connectivity index (χ0v) is 13.6. The Hall–Kier alpha value is -1.28. The van der Waals surface area contributed by atoms with Crippen LogP contribution in [0.25, 0.3) is 11.0 Å². The summed E-state index contributed by atoms with van der Waals surface area (Å²) in [6.07, 6.45) is 1.07. The van der Waals surface area contributed by atoms with Gasteiger partial charge in [-0.05, 0) is 42.5 Å². The van der Waals surface area contributed by atoms with Gasteiger partial charge in [-0.15, -0.1) is 0 Å². The van der Waals surface area contributed by atoms with Crippen molar-refractivity contribution in [2.24, 2.45) is 5.92 Å². The summed E-state index contributed by atoms with van der Waals surface area (Å²) in [6.45, 7) is 12.1. The lowest BCUT2D eigenvalue weighted by molar-refractivity contribution is 0.516. The van der Waals surface area contributed by atoms with Crippen LogP contribution in [0.3, 0.4) is 0 Å². The molecule has 20 heavy (non-hydrogen) atoms. The predicted octanol–water partition coefficient (Wildman–Crippen LogP) is 4.65. The minimum absolute atomic E-state index is 0.170.